The number of fused-ring (bicyclic) bond motifs is 1. The Morgan fingerprint density at radius 2 is 2.00 bits per heavy atom. The van der Waals surface area contributed by atoms with E-state index in [1.807, 2.05) is 37.3 Å². The van der Waals surface area contributed by atoms with Crippen LogP contribution in [0.5, 0.6) is 0 Å². The van der Waals surface area contributed by atoms with Crippen LogP contribution in [0.3, 0.4) is 0 Å². The van der Waals surface area contributed by atoms with Gasteiger partial charge in [-0.15, -0.1) is 10.2 Å². The summed E-state index contributed by atoms with van der Waals surface area (Å²) in [4.78, 5) is 16.9. The van der Waals surface area contributed by atoms with Gasteiger partial charge in [0.1, 0.15) is 5.82 Å². The number of rotatable bonds is 7. The topological polar surface area (TPSA) is 72.7 Å². The molecule has 0 radical (unpaired) electrons. The summed E-state index contributed by atoms with van der Waals surface area (Å²) < 4.78 is 3.13. The van der Waals surface area contributed by atoms with E-state index in [4.69, 9.17) is 0 Å². The molecule has 29 heavy (non-hydrogen) atoms. The highest BCUT2D eigenvalue weighted by Gasteiger charge is 2.14. The molecule has 0 saturated carbocycles. The predicted molar refractivity (Wildman–Crippen MR) is 119 cm³/mol. The van der Waals surface area contributed by atoms with Crippen molar-refractivity contribution < 1.29 is 4.79 Å². The number of hydrogen-bond acceptors (Lipinski definition) is 6. The van der Waals surface area contributed by atoms with Gasteiger partial charge in [0.25, 0.3) is 0 Å². The zero-order chi connectivity index (χ0) is 20.2. The maximum Gasteiger partial charge on any atom is 0.236 e. The van der Waals surface area contributed by atoms with Crippen LogP contribution in [0, 0.1) is 6.92 Å². The van der Waals surface area contributed by atoms with E-state index in [9.17, 15) is 4.79 Å². The number of thioether (sulfide) groups is 1. The standard InChI is InChI=1S/C21H21N5OS2/c1-3-26-18(12-15-7-5-4-6-8-15)24-25-21(26)28-13-19(27)23-20-22-16-10-9-14(2)11-17(16)29-20/h4-11H,3,12-13H2,1-2H3,(H,22,23,27). The minimum Gasteiger partial charge on any atom is -0.306 e. The number of amides is 1. The van der Waals surface area contributed by atoms with Crippen molar-refractivity contribution in [3.63, 3.8) is 0 Å². The van der Waals surface area contributed by atoms with Crippen LogP contribution in [0.4, 0.5) is 5.13 Å². The van der Waals surface area contributed by atoms with Crippen LogP contribution in [0.2, 0.25) is 0 Å². The summed E-state index contributed by atoms with van der Waals surface area (Å²) in [5, 5.41) is 12.9. The van der Waals surface area contributed by atoms with Gasteiger partial charge in [0, 0.05) is 13.0 Å². The molecule has 4 aromatic rings. The zero-order valence-corrected chi connectivity index (χ0v) is 17.9. The normalized spacial score (nSPS) is 11.1. The molecule has 4 rings (SSSR count). The van der Waals surface area contributed by atoms with Gasteiger partial charge in [-0.1, -0.05) is 59.5 Å². The van der Waals surface area contributed by atoms with Gasteiger partial charge >= 0.3 is 0 Å². The third-order valence-corrected chi connectivity index (χ3v) is 6.34. The lowest BCUT2D eigenvalue weighted by molar-refractivity contribution is -0.113. The number of carbonyl (C=O) groups excluding carboxylic acids is 1. The van der Waals surface area contributed by atoms with Crippen molar-refractivity contribution in [3.8, 4) is 0 Å². The van der Waals surface area contributed by atoms with Crippen molar-refractivity contribution in [1.29, 1.82) is 0 Å². The molecule has 0 unspecified atom stereocenters. The summed E-state index contributed by atoms with van der Waals surface area (Å²) >= 11 is 2.88. The van der Waals surface area contributed by atoms with Gasteiger partial charge in [-0.2, -0.15) is 0 Å². The lowest BCUT2D eigenvalue weighted by Crippen LogP contribution is -2.14. The van der Waals surface area contributed by atoms with E-state index in [1.165, 1.54) is 34.2 Å². The molecule has 0 saturated heterocycles. The summed E-state index contributed by atoms with van der Waals surface area (Å²) in [5.41, 5.74) is 3.27. The molecule has 1 N–H and O–H groups in total. The first-order valence-corrected chi connectivity index (χ1v) is 11.2. The van der Waals surface area contributed by atoms with Crippen molar-refractivity contribution in [2.45, 2.75) is 32.0 Å². The summed E-state index contributed by atoms with van der Waals surface area (Å²) in [7, 11) is 0. The van der Waals surface area contributed by atoms with E-state index in [0.717, 1.165) is 34.2 Å². The van der Waals surface area contributed by atoms with Crippen molar-refractivity contribution in [2.75, 3.05) is 11.1 Å². The van der Waals surface area contributed by atoms with Gasteiger partial charge < -0.3 is 9.88 Å². The molecular formula is C21H21N5OS2. The van der Waals surface area contributed by atoms with Crippen LogP contribution in [0.25, 0.3) is 10.2 Å². The fraction of sp³-hybridized carbons (Fsp3) is 0.238. The Hall–Kier alpha value is -2.71. The number of carbonyl (C=O) groups is 1. The molecule has 0 aliphatic carbocycles. The summed E-state index contributed by atoms with van der Waals surface area (Å²) in [6.45, 7) is 4.87. The second-order valence-electron chi connectivity index (χ2n) is 6.63. The van der Waals surface area contributed by atoms with Crippen molar-refractivity contribution in [3.05, 3.63) is 65.5 Å². The lowest BCUT2D eigenvalue weighted by atomic mass is 10.1. The van der Waals surface area contributed by atoms with E-state index < -0.39 is 0 Å². The quantitative estimate of drug-likeness (QED) is 0.442. The highest BCUT2D eigenvalue weighted by molar-refractivity contribution is 7.99. The number of nitrogens with zero attached hydrogens (tertiary/aromatic N) is 4. The van der Waals surface area contributed by atoms with Crippen LogP contribution < -0.4 is 5.32 Å². The fourth-order valence-electron chi connectivity index (χ4n) is 3.02. The molecule has 0 bridgehead atoms. The van der Waals surface area contributed by atoms with Gasteiger partial charge in [0.2, 0.25) is 5.91 Å². The van der Waals surface area contributed by atoms with Crippen molar-refractivity contribution >= 4 is 44.4 Å². The van der Waals surface area contributed by atoms with Crippen molar-refractivity contribution in [1.82, 2.24) is 19.7 Å². The average molecular weight is 424 g/mol. The lowest BCUT2D eigenvalue weighted by Gasteiger charge is -2.07. The fourth-order valence-corrected chi connectivity index (χ4v) is 4.82. The summed E-state index contributed by atoms with van der Waals surface area (Å²) in [5.74, 6) is 1.07. The second kappa shape index (κ2) is 8.75. The highest BCUT2D eigenvalue weighted by atomic mass is 32.2. The molecule has 2 heterocycles. The number of hydrogen-bond donors (Lipinski definition) is 1. The summed E-state index contributed by atoms with van der Waals surface area (Å²) in [6, 6.07) is 16.3. The number of anilines is 1. The Balaban J connectivity index is 1.39. The first-order valence-electron chi connectivity index (χ1n) is 9.38. The third-order valence-electron chi connectivity index (χ3n) is 4.44. The van der Waals surface area contributed by atoms with Crippen LogP contribution in [-0.2, 0) is 17.8 Å². The van der Waals surface area contributed by atoms with Crippen LogP contribution in [0.1, 0.15) is 23.9 Å². The first kappa shape index (κ1) is 19.6. The zero-order valence-electron chi connectivity index (χ0n) is 16.3. The van der Waals surface area contributed by atoms with Gasteiger partial charge in [-0.25, -0.2) is 4.98 Å². The Bertz CT molecular complexity index is 1140. The SMILES string of the molecule is CCn1c(Cc2ccccc2)nnc1SCC(=O)Nc1nc2ccc(C)cc2s1. The number of aromatic nitrogens is 4. The first-order chi connectivity index (χ1) is 14.1. The molecule has 6 nitrogen and oxygen atoms in total. The molecule has 2 aromatic heterocycles. The molecule has 0 aliphatic heterocycles. The van der Waals surface area contributed by atoms with E-state index >= 15 is 0 Å². The number of thiazole rings is 1. The number of aryl methyl sites for hydroxylation is 1. The summed E-state index contributed by atoms with van der Waals surface area (Å²) in [6.07, 6.45) is 0.722. The molecule has 0 aliphatic rings. The van der Waals surface area contributed by atoms with Crippen molar-refractivity contribution in [2.24, 2.45) is 0 Å². The van der Waals surface area contributed by atoms with Crippen LogP contribution in [-0.4, -0.2) is 31.4 Å². The molecule has 2 aromatic carbocycles. The molecule has 0 atom stereocenters. The van der Waals surface area contributed by atoms with Gasteiger partial charge in [0.15, 0.2) is 10.3 Å². The van der Waals surface area contributed by atoms with Gasteiger partial charge in [-0.05, 0) is 37.1 Å². The predicted octanol–water partition coefficient (Wildman–Crippen LogP) is 4.54. The highest BCUT2D eigenvalue weighted by Crippen LogP contribution is 2.27. The maximum atomic E-state index is 12.4. The maximum absolute atomic E-state index is 12.4. The van der Waals surface area contributed by atoms with Gasteiger partial charge in [0.05, 0.1) is 16.0 Å². The Morgan fingerprint density at radius 1 is 1.17 bits per heavy atom. The minimum atomic E-state index is -0.0963. The smallest absolute Gasteiger partial charge is 0.236 e. The van der Waals surface area contributed by atoms with E-state index in [2.05, 4.69) is 50.2 Å². The molecule has 0 fully saturated rings. The van der Waals surface area contributed by atoms with Crippen LogP contribution >= 0.6 is 23.1 Å². The Kier molecular flexibility index (Phi) is 5.92. The number of nitrogens with one attached hydrogen (secondary N) is 1. The molecule has 148 valence electrons. The monoisotopic (exact) mass is 423 g/mol. The third kappa shape index (κ3) is 4.65. The molecule has 1 amide bonds. The van der Waals surface area contributed by atoms with E-state index in [0.29, 0.717) is 5.13 Å². The Morgan fingerprint density at radius 3 is 2.79 bits per heavy atom. The average Bonchev–Trinajstić information content (AvgIpc) is 3.29. The Labute approximate surface area is 177 Å². The molecule has 8 heteroatoms. The van der Waals surface area contributed by atoms with Gasteiger partial charge in [-0.3, -0.25) is 4.79 Å². The molecule has 0 spiro atoms. The second-order valence-corrected chi connectivity index (χ2v) is 8.61. The van der Waals surface area contributed by atoms with E-state index in [-0.39, 0.29) is 11.7 Å². The largest absolute Gasteiger partial charge is 0.306 e. The number of benzene rings is 2. The molecular weight excluding hydrogens is 402 g/mol. The van der Waals surface area contributed by atoms with Crippen LogP contribution in [0.15, 0.2) is 53.7 Å². The van der Waals surface area contributed by atoms with E-state index in [1.54, 1.807) is 0 Å². The minimum absolute atomic E-state index is 0.0963.